The quantitative estimate of drug-likeness (QED) is 0.700. The summed E-state index contributed by atoms with van der Waals surface area (Å²) in [5, 5.41) is 0. The van der Waals surface area contributed by atoms with Crippen LogP contribution in [0, 0.1) is 0 Å². The molecule has 0 aromatic heterocycles. The average molecular weight is 220 g/mol. The molecule has 82 valence electrons. The van der Waals surface area contributed by atoms with Gasteiger partial charge in [0.05, 0.1) is 0 Å². The van der Waals surface area contributed by atoms with Crippen LogP contribution >= 0.6 is 0 Å². The molecule has 2 heteroatoms. The van der Waals surface area contributed by atoms with Crippen molar-refractivity contribution < 1.29 is 4.43 Å². The number of rotatable bonds is 4. The highest BCUT2D eigenvalue weighted by Gasteiger charge is 2.19. The van der Waals surface area contributed by atoms with Crippen LogP contribution < -0.4 is 0 Å². The average Bonchev–Trinajstić information content (AvgIpc) is 2.15. The van der Waals surface area contributed by atoms with Crippen molar-refractivity contribution in [2.24, 2.45) is 0 Å². The molecule has 0 aliphatic carbocycles. The first-order chi connectivity index (χ1) is 6.99. The molecule has 1 aromatic carbocycles. The fraction of sp³-hybridized carbons (Fsp3) is 0.385. The van der Waals surface area contributed by atoms with Gasteiger partial charge in [0, 0.05) is 6.10 Å². The highest BCUT2D eigenvalue weighted by atomic mass is 28.4. The van der Waals surface area contributed by atoms with Crippen LogP contribution in [0.4, 0.5) is 0 Å². The Morgan fingerprint density at radius 2 is 1.73 bits per heavy atom. The molecule has 0 aliphatic rings. The van der Waals surface area contributed by atoms with Gasteiger partial charge in [-0.15, -0.1) is 0 Å². The van der Waals surface area contributed by atoms with Crippen LogP contribution in [0.1, 0.15) is 19.4 Å². The van der Waals surface area contributed by atoms with Crippen molar-refractivity contribution in [2.75, 3.05) is 0 Å². The van der Waals surface area contributed by atoms with Crippen LogP contribution in [0.15, 0.2) is 36.0 Å². The summed E-state index contributed by atoms with van der Waals surface area (Å²) in [4.78, 5) is 0. The summed E-state index contributed by atoms with van der Waals surface area (Å²) in [5.41, 5.74) is 3.48. The van der Waals surface area contributed by atoms with Crippen LogP contribution in [-0.4, -0.2) is 14.4 Å². The molecule has 15 heavy (non-hydrogen) atoms. The molecule has 0 unspecified atom stereocenters. The molecule has 0 heterocycles. The molecule has 0 atom stereocenters. The van der Waals surface area contributed by atoms with Gasteiger partial charge in [-0.3, -0.25) is 0 Å². The summed E-state index contributed by atoms with van der Waals surface area (Å²) in [7, 11) is -1.63. The predicted molar refractivity (Wildman–Crippen MR) is 69.2 cm³/mol. The van der Waals surface area contributed by atoms with Gasteiger partial charge in [-0.05, 0) is 32.5 Å². The lowest BCUT2D eigenvalue weighted by atomic mass is 10.2. The monoisotopic (exact) mass is 220 g/mol. The first kappa shape index (κ1) is 12.2. The van der Waals surface area contributed by atoms with Crippen molar-refractivity contribution in [3.05, 3.63) is 41.6 Å². The molecule has 1 aromatic rings. The Kier molecular flexibility index (Phi) is 4.30. The van der Waals surface area contributed by atoms with Crippen molar-refractivity contribution in [1.29, 1.82) is 0 Å². The van der Waals surface area contributed by atoms with E-state index in [1.807, 2.05) is 6.07 Å². The molecule has 0 bridgehead atoms. The molecule has 0 fully saturated rings. The van der Waals surface area contributed by atoms with Gasteiger partial charge in [0.1, 0.15) is 0 Å². The zero-order valence-corrected chi connectivity index (χ0v) is 11.0. The van der Waals surface area contributed by atoms with E-state index >= 15 is 0 Å². The van der Waals surface area contributed by atoms with E-state index in [4.69, 9.17) is 4.43 Å². The maximum atomic E-state index is 5.91. The van der Waals surface area contributed by atoms with Gasteiger partial charge in [-0.2, -0.15) is 0 Å². The largest absolute Gasteiger partial charge is 0.411 e. The van der Waals surface area contributed by atoms with Gasteiger partial charge in [0.2, 0.25) is 8.32 Å². The molecule has 0 aliphatic heterocycles. The van der Waals surface area contributed by atoms with Gasteiger partial charge >= 0.3 is 0 Å². The zero-order chi connectivity index (χ0) is 11.3. The Morgan fingerprint density at radius 1 is 1.13 bits per heavy atom. The van der Waals surface area contributed by atoms with Gasteiger partial charge < -0.3 is 4.43 Å². The van der Waals surface area contributed by atoms with E-state index in [1.165, 1.54) is 5.56 Å². The van der Waals surface area contributed by atoms with Crippen molar-refractivity contribution in [2.45, 2.75) is 33.0 Å². The lowest BCUT2D eigenvalue weighted by molar-refractivity contribution is 0.238. The lowest BCUT2D eigenvalue weighted by Crippen LogP contribution is -2.31. The van der Waals surface area contributed by atoms with Crippen molar-refractivity contribution in [3.63, 3.8) is 0 Å². The maximum absolute atomic E-state index is 5.91. The van der Waals surface area contributed by atoms with E-state index in [9.17, 15) is 0 Å². The lowest BCUT2D eigenvalue weighted by Gasteiger charge is -2.21. The number of hydrogen-bond acceptors (Lipinski definition) is 1. The molecule has 0 saturated carbocycles. The number of hydrogen-bond donors (Lipinski definition) is 0. The minimum absolute atomic E-state index is 0.312. The second kappa shape index (κ2) is 5.28. The smallest absolute Gasteiger partial charge is 0.211 e. The first-order valence-corrected chi connectivity index (χ1v) is 8.40. The van der Waals surface area contributed by atoms with E-state index < -0.39 is 8.32 Å². The highest BCUT2D eigenvalue weighted by molar-refractivity contribution is 6.76. The van der Waals surface area contributed by atoms with Crippen LogP contribution in [0.3, 0.4) is 0 Å². The van der Waals surface area contributed by atoms with Gasteiger partial charge in [-0.25, -0.2) is 0 Å². The second-order valence-electron chi connectivity index (χ2n) is 4.51. The summed E-state index contributed by atoms with van der Waals surface area (Å²) < 4.78 is 5.91. The van der Waals surface area contributed by atoms with Crippen LogP contribution in [0.25, 0.3) is 6.08 Å². The summed E-state index contributed by atoms with van der Waals surface area (Å²) >= 11 is 0. The van der Waals surface area contributed by atoms with Gasteiger partial charge in [0.15, 0.2) is 0 Å². The molecule has 0 amide bonds. The standard InChI is InChI=1S/C13H20OSi/c1-12(2)14-15(3,4)11-10-13-8-6-5-7-9-13/h5-12H,1-4H3. The predicted octanol–water partition coefficient (Wildman–Crippen LogP) is 3.87. The summed E-state index contributed by atoms with van der Waals surface area (Å²) in [6.07, 6.45) is 2.47. The molecule has 0 spiro atoms. The third-order valence-corrected chi connectivity index (χ3v) is 4.06. The molecule has 1 rings (SSSR count). The molecule has 0 N–H and O–H groups in total. The molecular formula is C13H20OSi. The third kappa shape index (κ3) is 4.95. The van der Waals surface area contributed by atoms with E-state index in [0.717, 1.165) is 0 Å². The van der Waals surface area contributed by atoms with Crippen molar-refractivity contribution >= 4 is 14.4 Å². The normalized spacial score (nSPS) is 12.6. The summed E-state index contributed by atoms with van der Waals surface area (Å²) in [6.45, 7) is 8.61. The fourth-order valence-electron chi connectivity index (χ4n) is 1.51. The Bertz CT molecular complexity index is 315. The minimum atomic E-state index is -1.63. The van der Waals surface area contributed by atoms with E-state index in [-0.39, 0.29) is 0 Å². The fourth-order valence-corrected chi connectivity index (χ4v) is 3.40. The SMILES string of the molecule is CC(C)O[Si](C)(C)C=Cc1ccccc1. The Labute approximate surface area is 93.9 Å². The van der Waals surface area contributed by atoms with E-state index in [1.54, 1.807) is 0 Å². The summed E-state index contributed by atoms with van der Waals surface area (Å²) in [5.74, 6) is 0. The molecule has 0 radical (unpaired) electrons. The molecule has 1 nitrogen and oxygen atoms in total. The first-order valence-electron chi connectivity index (χ1n) is 5.42. The van der Waals surface area contributed by atoms with Crippen molar-refractivity contribution in [1.82, 2.24) is 0 Å². The third-order valence-electron chi connectivity index (χ3n) is 2.02. The Morgan fingerprint density at radius 3 is 2.27 bits per heavy atom. The summed E-state index contributed by atoms with van der Waals surface area (Å²) in [6, 6.07) is 10.4. The van der Waals surface area contributed by atoms with Crippen molar-refractivity contribution in [3.8, 4) is 0 Å². The molecule has 0 saturated heterocycles. The highest BCUT2D eigenvalue weighted by Crippen LogP contribution is 2.12. The topological polar surface area (TPSA) is 9.23 Å². The zero-order valence-electron chi connectivity index (χ0n) is 10.0. The minimum Gasteiger partial charge on any atom is -0.411 e. The van der Waals surface area contributed by atoms with Crippen LogP contribution in [0.5, 0.6) is 0 Å². The van der Waals surface area contributed by atoms with Crippen LogP contribution in [0.2, 0.25) is 13.1 Å². The van der Waals surface area contributed by atoms with Crippen LogP contribution in [-0.2, 0) is 4.43 Å². The Balaban J connectivity index is 2.64. The second-order valence-corrected chi connectivity index (χ2v) is 8.29. The number of benzene rings is 1. The van der Waals surface area contributed by atoms with Gasteiger partial charge in [-0.1, -0.05) is 42.1 Å². The maximum Gasteiger partial charge on any atom is 0.211 e. The van der Waals surface area contributed by atoms with E-state index in [2.05, 4.69) is 63.0 Å². The van der Waals surface area contributed by atoms with E-state index in [0.29, 0.717) is 6.10 Å². The molecular weight excluding hydrogens is 200 g/mol. The Hall–Kier alpha value is -0.863. The van der Waals surface area contributed by atoms with Gasteiger partial charge in [0.25, 0.3) is 0 Å².